The smallest absolute Gasteiger partial charge is 0.213 e. The number of nitrogens with zero attached hydrogens (tertiary/aromatic N) is 2. The predicted octanol–water partition coefficient (Wildman–Crippen LogP) is 3.52. The first-order chi connectivity index (χ1) is 9.04. The molecule has 4 nitrogen and oxygen atoms in total. The van der Waals surface area contributed by atoms with Crippen LogP contribution in [0.25, 0.3) is 0 Å². The SMILES string of the molecule is CCCn1ncc(Cl)c1C(=O)c1cc(N)ccc1Br. The highest BCUT2D eigenvalue weighted by molar-refractivity contribution is 9.10. The number of carbonyl (C=O) groups excluding carboxylic acids is 1. The van der Waals surface area contributed by atoms with E-state index in [-0.39, 0.29) is 5.78 Å². The van der Waals surface area contributed by atoms with Gasteiger partial charge in [-0.05, 0) is 24.6 Å². The summed E-state index contributed by atoms with van der Waals surface area (Å²) in [6.07, 6.45) is 2.36. The van der Waals surface area contributed by atoms with Gasteiger partial charge in [-0.1, -0.05) is 34.5 Å². The van der Waals surface area contributed by atoms with Crippen molar-refractivity contribution in [1.82, 2.24) is 9.78 Å². The van der Waals surface area contributed by atoms with Crippen molar-refractivity contribution in [3.63, 3.8) is 0 Å². The van der Waals surface area contributed by atoms with Gasteiger partial charge in [0.15, 0.2) is 0 Å². The van der Waals surface area contributed by atoms with E-state index in [1.165, 1.54) is 6.20 Å². The highest BCUT2D eigenvalue weighted by Gasteiger charge is 2.21. The fourth-order valence-corrected chi connectivity index (χ4v) is 2.47. The highest BCUT2D eigenvalue weighted by Crippen LogP contribution is 2.26. The van der Waals surface area contributed by atoms with E-state index in [2.05, 4.69) is 21.0 Å². The van der Waals surface area contributed by atoms with Crippen molar-refractivity contribution in [2.45, 2.75) is 19.9 Å². The Bertz CT molecular complexity index is 624. The molecule has 100 valence electrons. The Hall–Kier alpha value is -1.33. The summed E-state index contributed by atoms with van der Waals surface area (Å²) in [5.74, 6) is -0.185. The van der Waals surface area contributed by atoms with Gasteiger partial charge in [0.1, 0.15) is 5.69 Å². The first-order valence-corrected chi connectivity index (χ1v) is 7.02. The minimum atomic E-state index is -0.185. The number of nitrogen functional groups attached to an aromatic ring is 1. The second-order valence-electron chi connectivity index (χ2n) is 4.13. The van der Waals surface area contributed by atoms with Crippen LogP contribution in [0.15, 0.2) is 28.9 Å². The van der Waals surface area contributed by atoms with E-state index in [0.717, 1.165) is 6.42 Å². The first kappa shape index (κ1) is 14.1. The molecule has 0 aliphatic carbocycles. The van der Waals surface area contributed by atoms with E-state index in [1.807, 2.05) is 6.92 Å². The van der Waals surface area contributed by atoms with Gasteiger partial charge in [-0.25, -0.2) is 0 Å². The maximum absolute atomic E-state index is 12.6. The number of anilines is 1. The fourth-order valence-electron chi connectivity index (χ4n) is 1.81. The second kappa shape index (κ2) is 5.75. The summed E-state index contributed by atoms with van der Waals surface area (Å²) in [5.41, 5.74) is 7.14. The van der Waals surface area contributed by atoms with Gasteiger partial charge >= 0.3 is 0 Å². The van der Waals surface area contributed by atoms with Crippen molar-refractivity contribution in [1.29, 1.82) is 0 Å². The lowest BCUT2D eigenvalue weighted by Gasteiger charge is -2.08. The van der Waals surface area contributed by atoms with Crippen LogP contribution in [0, 0.1) is 0 Å². The minimum absolute atomic E-state index is 0.185. The molecule has 2 N–H and O–H groups in total. The molecular weight excluding hydrogens is 330 g/mol. The zero-order chi connectivity index (χ0) is 14.0. The molecule has 2 rings (SSSR count). The Morgan fingerprint density at radius 3 is 2.95 bits per heavy atom. The van der Waals surface area contributed by atoms with E-state index in [1.54, 1.807) is 22.9 Å². The van der Waals surface area contributed by atoms with Crippen molar-refractivity contribution < 1.29 is 4.79 Å². The number of hydrogen-bond acceptors (Lipinski definition) is 3. The van der Waals surface area contributed by atoms with Crippen LogP contribution in [-0.2, 0) is 6.54 Å². The lowest BCUT2D eigenvalue weighted by Crippen LogP contribution is -2.12. The summed E-state index contributed by atoms with van der Waals surface area (Å²) < 4.78 is 2.31. The molecule has 1 aromatic heterocycles. The Balaban J connectivity index is 2.49. The molecule has 0 aliphatic heterocycles. The standard InChI is InChI=1S/C13H13BrClN3O/c1-2-5-18-12(11(15)7-17-18)13(19)9-6-8(16)3-4-10(9)14/h3-4,6-7H,2,5,16H2,1H3. The van der Waals surface area contributed by atoms with Gasteiger partial charge in [0.05, 0.1) is 11.2 Å². The van der Waals surface area contributed by atoms with E-state index in [4.69, 9.17) is 17.3 Å². The summed E-state index contributed by atoms with van der Waals surface area (Å²) in [7, 11) is 0. The molecular formula is C13H13BrClN3O. The summed E-state index contributed by atoms with van der Waals surface area (Å²) in [5, 5.41) is 4.48. The monoisotopic (exact) mass is 341 g/mol. The van der Waals surface area contributed by atoms with Crippen LogP contribution in [0.5, 0.6) is 0 Å². The Kier molecular flexibility index (Phi) is 4.27. The Morgan fingerprint density at radius 2 is 2.26 bits per heavy atom. The zero-order valence-electron chi connectivity index (χ0n) is 10.4. The van der Waals surface area contributed by atoms with Gasteiger partial charge in [0.2, 0.25) is 5.78 Å². The molecule has 0 aliphatic rings. The topological polar surface area (TPSA) is 60.9 Å². The van der Waals surface area contributed by atoms with E-state index in [0.29, 0.717) is 33.0 Å². The molecule has 0 saturated heterocycles. The van der Waals surface area contributed by atoms with Gasteiger partial charge in [0, 0.05) is 22.3 Å². The summed E-state index contributed by atoms with van der Waals surface area (Å²) in [6, 6.07) is 5.11. The zero-order valence-corrected chi connectivity index (χ0v) is 12.7. The fraction of sp³-hybridized carbons (Fsp3) is 0.231. The van der Waals surface area contributed by atoms with Crippen LogP contribution in [0.2, 0.25) is 5.02 Å². The molecule has 19 heavy (non-hydrogen) atoms. The van der Waals surface area contributed by atoms with Crippen LogP contribution in [0.4, 0.5) is 5.69 Å². The average Bonchev–Trinajstić information content (AvgIpc) is 2.73. The van der Waals surface area contributed by atoms with Crippen LogP contribution < -0.4 is 5.73 Å². The van der Waals surface area contributed by atoms with E-state index < -0.39 is 0 Å². The minimum Gasteiger partial charge on any atom is -0.399 e. The lowest BCUT2D eigenvalue weighted by atomic mass is 10.1. The van der Waals surface area contributed by atoms with E-state index >= 15 is 0 Å². The quantitative estimate of drug-likeness (QED) is 0.683. The molecule has 0 radical (unpaired) electrons. The number of aromatic nitrogens is 2. The van der Waals surface area contributed by atoms with Crippen molar-refractivity contribution >= 4 is 39.0 Å². The second-order valence-corrected chi connectivity index (χ2v) is 5.39. The number of ketones is 1. The first-order valence-electron chi connectivity index (χ1n) is 5.85. The lowest BCUT2D eigenvalue weighted by molar-refractivity contribution is 0.102. The van der Waals surface area contributed by atoms with Crippen molar-refractivity contribution in [2.24, 2.45) is 0 Å². The predicted molar refractivity (Wildman–Crippen MR) is 79.5 cm³/mol. The Labute approximate surface area is 124 Å². The number of aryl methyl sites for hydroxylation is 1. The highest BCUT2D eigenvalue weighted by atomic mass is 79.9. The molecule has 0 amide bonds. The molecule has 6 heteroatoms. The number of carbonyl (C=O) groups is 1. The molecule has 2 aromatic rings. The van der Waals surface area contributed by atoms with Gasteiger partial charge in [-0.2, -0.15) is 5.10 Å². The average molecular weight is 343 g/mol. The molecule has 0 saturated carbocycles. The third-order valence-corrected chi connectivity index (χ3v) is 3.65. The van der Waals surface area contributed by atoms with Crippen LogP contribution >= 0.6 is 27.5 Å². The number of hydrogen-bond donors (Lipinski definition) is 1. The van der Waals surface area contributed by atoms with Crippen molar-refractivity contribution in [3.8, 4) is 0 Å². The van der Waals surface area contributed by atoms with Crippen molar-refractivity contribution in [2.75, 3.05) is 5.73 Å². The van der Waals surface area contributed by atoms with Gasteiger partial charge in [-0.3, -0.25) is 9.48 Å². The summed E-state index contributed by atoms with van der Waals surface area (Å²) >= 11 is 9.42. The van der Waals surface area contributed by atoms with Crippen LogP contribution in [0.1, 0.15) is 29.4 Å². The molecule has 1 aromatic carbocycles. The maximum Gasteiger partial charge on any atom is 0.213 e. The Morgan fingerprint density at radius 1 is 1.53 bits per heavy atom. The van der Waals surface area contributed by atoms with Gasteiger partial charge in [-0.15, -0.1) is 0 Å². The van der Waals surface area contributed by atoms with Gasteiger partial charge in [0.25, 0.3) is 0 Å². The third kappa shape index (κ3) is 2.82. The molecule has 0 unspecified atom stereocenters. The molecule has 0 spiro atoms. The van der Waals surface area contributed by atoms with Crippen LogP contribution in [0.3, 0.4) is 0 Å². The number of benzene rings is 1. The number of nitrogens with two attached hydrogens (primary N) is 1. The normalized spacial score (nSPS) is 10.7. The summed E-state index contributed by atoms with van der Waals surface area (Å²) in [4.78, 5) is 12.6. The molecule has 0 fully saturated rings. The van der Waals surface area contributed by atoms with Crippen molar-refractivity contribution in [3.05, 3.63) is 45.1 Å². The third-order valence-electron chi connectivity index (χ3n) is 2.68. The van der Waals surface area contributed by atoms with Crippen LogP contribution in [-0.4, -0.2) is 15.6 Å². The van der Waals surface area contributed by atoms with Gasteiger partial charge < -0.3 is 5.73 Å². The summed E-state index contributed by atoms with van der Waals surface area (Å²) in [6.45, 7) is 2.66. The largest absolute Gasteiger partial charge is 0.399 e. The molecule has 0 bridgehead atoms. The maximum atomic E-state index is 12.6. The van der Waals surface area contributed by atoms with E-state index in [9.17, 15) is 4.79 Å². The molecule has 1 heterocycles. The number of rotatable bonds is 4. The molecule has 0 atom stereocenters. The number of halogens is 2.